The second kappa shape index (κ2) is 7.92. The number of likely N-dealkylation sites (tertiary alicyclic amines) is 1. The fraction of sp³-hybridized carbons (Fsp3) is 0.435. The van der Waals surface area contributed by atoms with Crippen molar-refractivity contribution in [1.82, 2.24) is 14.4 Å². The van der Waals surface area contributed by atoms with Gasteiger partial charge in [0.1, 0.15) is 11.9 Å². The Morgan fingerprint density at radius 1 is 1.16 bits per heavy atom. The van der Waals surface area contributed by atoms with Crippen LogP contribution in [0.3, 0.4) is 0 Å². The molecular weight excluding hydrogens is 401 g/mol. The van der Waals surface area contributed by atoms with Gasteiger partial charge in [0.25, 0.3) is 5.56 Å². The number of likely N-dealkylation sites (N-methyl/N-ethyl adjacent to an activating group) is 1. The lowest BCUT2D eigenvalue weighted by Crippen LogP contribution is -2.49. The Labute approximate surface area is 179 Å². The highest BCUT2D eigenvalue weighted by Crippen LogP contribution is 2.49. The lowest BCUT2D eigenvalue weighted by Gasteiger charge is -2.32. The number of carbonyl (C=O) groups is 2. The molecule has 0 aliphatic carbocycles. The minimum Gasteiger partial charge on any atom is -0.396 e. The summed E-state index contributed by atoms with van der Waals surface area (Å²) in [6.45, 7) is 1.79. The third-order valence-corrected chi connectivity index (χ3v) is 6.52. The van der Waals surface area contributed by atoms with Crippen LogP contribution < -0.4 is 5.56 Å². The van der Waals surface area contributed by atoms with Gasteiger partial charge in [-0.15, -0.1) is 0 Å². The molecular formula is C23H26FN3O4. The van der Waals surface area contributed by atoms with Gasteiger partial charge in [0.15, 0.2) is 0 Å². The van der Waals surface area contributed by atoms with Gasteiger partial charge in [-0.2, -0.15) is 0 Å². The fourth-order valence-corrected chi connectivity index (χ4v) is 5.04. The molecule has 1 N–H and O–H groups in total. The Bertz CT molecular complexity index is 1080. The number of hydrogen-bond acceptors (Lipinski definition) is 4. The number of rotatable bonds is 4. The highest BCUT2D eigenvalue weighted by atomic mass is 19.1. The second-order valence-electron chi connectivity index (χ2n) is 8.38. The lowest BCUT2D eigenvalue weighted by molar-refractivity contribution is -0.145. The summed E-state index contributed by atoms with van der Waals surface area (Å²) >= 11 is 0. The third-order valence-electron chi connectivity index (χ3n) is 6.52. The SMILES string of the molecule is CCC(=O)N1[C@H](C(=O)N(C)C)[C@@H](CO)[C@@H]2Cn3c(ccc(-c4ccc(F)cc4)c3=O)[C@@H]21. The topological polar surface area (TPSA) is 82.8 Å². The summed E-state index contributed by atoms with van der Waals surface area (Å²) < 4.78 is 14.9. The third kappa shape index (κ3) is 3.26. The second-order valence-corrected chi connectivity index (χ2v) is 8.38. The van der Waals surface area contributed by atoms with Gasteiger partial charge in [0.05, 0.1) is 6.04 Å². The van der Waals surface area contributed by atoms with E-state index in [0.717, 1.165) is 0 Å². The van der Waals surface area contributed by atoms with Crippen LogP contribution in [0.25, 0.3) is 11.1 Å². The Kier molecular flexibility index (Phi) is 5.43. The van der Waals surface area contributed by atoms with Crippen LogP contribution in [0.5, 0.6) is 0 Å². The van der Waals surface area contributed by atoms with Crippen LogP contribution in [0, 0.1) is 17.7 Å². The van der Waals surface area contributed by atoms with Crippen LogP contribution in [0.4, 0.5) is 4.39 Å². The van der Waals surface area contributed by atoms with E-state index in [1.54, 1.807) is 54.8 Å². The Morgan fingerprint density at radius 2 is 1.84 bits per heavy atom. The van der Waals surface area contributed by atoms with E-state index < -0.39 is 18.0 Å². The number of hydrogen-bond donors (Lipinski definition) is 1. The number of halogens is 1. The zero-order valence-electron chi connectivity index (χ0n) is 17.8. The van der Waals surface area contributed by atoms with Crippen molar-refractivity contribution in [2.75, 3.05) is 20.7 Å². The van der Waals surface area contributed by atoms with Crippen LogP contribution >= 0.6 is 0 Å². The van der Waals surface area contributed by atoms with E-state index in [0.29, 0.717) is 23.4 Å². The molecule has 1 aromatic heterocycles. The van der Waals surface area contributed by atoms with E-state index in [1.165, 1.54) is 17.0 Å². The van der Waals surface area contributed by atoms with Gasteiger partial charge in [-0.1, -0.05) is 19.1 Å². The van der Waals surface area contributed by atoms with Crippen molar-refractivity contribution in [1.29, 1.82) is 0 Å². The summed E-state index contributed by atoms with van der Waals surface area (Å²) in [6, 6.07) is 8.01. The van der Waals surface area contributed by atoms with Crippen molar-refractivity contribution < 1.29 is 19.1 Å². The number of aromatic nitrogens is 1. The molecule has 1 saturated heterocycles. The highest BCUT2D eigenvalue weighted by Gasteiger charge is 2.57. The molecule has 0 saturated carbocycles. The molecule has 2 aromatic rings. The summed E-state index contributed by atoms with van der Waals surface area (Å²) in [5.41, 5.74) is 1.49. The van der Waals surface area contributed by atoms with Crippen LogP contribution in [0.15, 0.2) is 41.2 Å². The van der Waals surface area contributed by atoms with E-state index in [1.807, 2.05) is 0 Å². The van der Waals surface area contributed by atoms with Gasteiger partial charge >= 0.3 is 0 Å². The molecule has 1 fully saturated rings. The van der Waals surface area contributed by atoms with Crippen molar-refractivity contribution in [3.05, 3.63) is 58.3 Å². The molecule has 2 aliphatic heterocycles. The normalized spacial score (nSPS) is 24.1. The fourth-order valence-electron chi connectivity index (χ4n) is 5.04. The first-order valence-corrected chi connectivity index (χ1v) is 10.4. The van der Waals surface area contributed by atoms with Gasteiger partial charge in [-0.25, -0.2) is 4.39 Å². The number of aliphatic hydroxyl groups excluding tert-OH is 1. The minimum absolute atomic E-state index is 0.185. The molecule has 0 radical (unpaired) electrons. The predicted octanol–water partition coefficient (Wildman–Crippen LogP) is 1.64. The minimum atomic E-state index is -0.761. The number of carbonyl (C=O) groups excluding carboxylic acids is 2. The molecule has 0 unspecified atom stereocenters. The number of pyridine rings is 1. The molecule has 1 aromatic carbocycles. The van der Waals surface area contributed by atoms with E-state index >= 15 is 0 Å². The number of fused-ring (bicyclic) bond motifs is 3. The van der Waals surface area contributed by atoms with Crippen LogP contribution in [-0.2, 0) is 16.1 Å². The maximum Gasteiger partial charge on any atom is 0.258 e. The lowest BCUT2D eigenvalue weighted by atomic mass is 9.88. The van der Waals surface area contributed by atoms with Crippen LogP contribution in [0.1, 0.15) is 25.1 Å². The molecule has 31 heavy (non-hydrogen) atoms. The monoisotopic (exact) mass is 427 g/mol. The van der Waals surface area contributed by atoms with E-state index in [-0.39, 0.29) is 42.1 Å². The summed E-state index contributed by atoms with van der Waals surface area (Å²) in [4.78, 5) is 42.1. The van der Waals surface area contributed by atoms with E-state index in [9.17, 15) is 23.9 Å². The molecule has 0 spiro atoms. The van der Waals surface area contributed by atoms with Crippen molar-refractivity contribution in [3.8, 4) is 11.1 Å². The average molecular weight is 427 g/mol. The number of benzene rings is 1. The quantitative estimate of drug-likeness (QED) is 0.804. The summed E-state index contributed by atoms with van der Waals surface area (Å²) in [5, 5.41) is 10.2. The maximum atomic E-state index is 13.3. The Morgan fingerprint density at radius 3 is 2.42 bits per heavy atom. The first-order valence-electron chi connectivity index (χ1n) is 10.4. The van der Waals surface area contributed by atoms with E-state index in [2.05, 4.69) is 0 Å². The van der Waals surface area contributed by atoms with E-state index in [4.69, 9.17) is 0 Å². The molecule has 8 heteroatoms. The highest BCUT2D eigenvalue weighted by molar-refractivity contribution is 5.89. The van der Waals surface area contributed by atoms with Crippen molar-refractivity contribution in [3.63, 3.8) is 0 Å². The molecule has 2 amide bonds. The average Bonchev–Trinajstić information content (AvgIpc) is 3.28. The molecule has 164 valence electrons. The maximum absolute atomic E-state index is 13.3. The van der Waals surface area contributed by atoms with Crippen molar-refractivity contribution >= 4 is 11.8 Å². The predicted molar refractivity (Wildman–Crippen MR) is 113 cm³/mol. The zero-order valence-corrected chi connectivity index (χ0v) is 17.8. The van der Waals surface area contributed by atoms with Crippen molar-refractivity contribution in [2.45, 2.75) is 32.0 Å². The standard InChI is InChI=1S/C23H26FN3O4/c1-4-19(29)27-20-16(17(12-28)21(27)23(31)25(2)3)11-26-18(20)10-9-15(22(26)30)13-5-7-14(24)8-6-13/h5-10,16-17,20-21,28H,4,11-12H2,1-3H3/t16-,17-,20+,21-/m0/s1. The molecule has 0 bridgehead atoms. The smallest absolute Gasteiger partial charge is 0.258 e. The summed E-state index contributed by atoms with van der Waals surface area (Å²) in [7, 11) is 3.26. The Balaban J connectivity index is 1.82. The number of amides is 2. The van der Waals surface area contributed by atoms with Crippen LogP contribution in [0.2, 0.25) is 0 Å². The zero-order chi connectivity index (χ0) is 22.4. The first kappa shape index (κ1) is 21.2. The molecule has 7 nitrogen and oxygen atoms in total. The summed E-state index contributed by atoms with van der Waals surface area (Å²) in [5.74, 6) is -1.51. The van der Waals surface area contributed by atoms with Crippen LogP contribution in [-0.4, -0.2) is 58.0 Å². The first-order chi connectivity index (χ1) is 14.8. The number of nitrogens with zero attached hydrogens (tertiary/aromatic N) is 3. The van der Waals surface area contributed by atoms with Gasteiger partial charge < -0.3 is 19.5 Å². The van der Waals surface area contributed by atoms with Crippen molar-refractivity contribution in [2.24, 2.45) is 11.8 Å². The van der Waals surface area contributed by atoms with Gasteiger partial charge in [-0.3, -0.25) is 14.4 Å². The van der Waals surface area contributed by atoms with Gasteiger partial charge in [0, 0.05) is 56.8 Å². The molecule has 4 rings (SSSR count). The Hall–Kier alpha value is -3.00. The van der Waals surface area contributed by atoms with Gasteiger partial charge in [0.2, 0.25) is 11.8 Å². The largest absolute Gasteiger partial charge is 0.396 e. The molecule has 4 atom stereocenters. The van der Waals surface area contributed by atoms with Gasteiger partial charge in [-0.05, 0) is 29.8 Å². The number of aliphatic hydroxyl groups is 1. The summed E-state index contributed by atoms with van der Waals surface area (Å²) in [6.07, 6.45) is 0.219. The molecule has 3 heterocycles. The molecule has 2 aliphatic rings.